The van der Waals surface area contributed by atoms with E-state index < -0.39 is 0 Å². The fourth-order valence-electron chi connectivity index (χ4n) is 4.96. The van der Waals surface area contributed by atoms with Crippen LogP contribution in [0.15, 0.2) is 11.1 Å². The van der Waals surface area contributed by atoms with Gasteiger partial charge in [-0.05, 0) is 56.8 Å². The minimum absolute atomic E-state index is 0.187. The molecule has 3 atom stereocenters. The third kappa shape index (κ3) is 1.87. The molecule has 0 aromatic rings. The number of carbonyl (C=O) groups is 1. The molecule has 2 fully saturated rings. The van der Waals surface area contributed by atoms with E-state index in [1.54, 1.807) is 6.92 Å². The van der Waals surface area contributed by atoms with Crippen molar-refractivity contribution >= 4 is 5.78 Å². The number of hydrogen-bond acceptors (Lipinski definition) is 1. The zero-order chi connectivity index (χ0) is 13.7. The van der Waals surface area contributed by atoms with Crippen LogP contribution in [0, 0.1) is 22.7 Å². The Morgan fingerprint density at radius 3 is 2.22 bits per heavy atom. The highest BCUT2D eigenvalue weighted by Gasteiger charge is 2.57. The Bertz CT molecular complexity index is 398. The van der Waals surface area contributed by atoms with Crippen molar-refractivity contribution in [2.75, 3.05) is 0 Å². The van der Waals surface area contributed by atoms with Crippen LogP contribution in [0.5, 0.6) is 0 Å². The monoisotopic (exact) mass is 248 g/mol. The van der Waals surface area contributed by atoms with E-state index in [-0.39, 0.29) is 11.3 Å². The molecule has 0 saturated heterocycles. The van der Waals surface area contributed by atoms with Crippen LogP contribution >= 0.6 is 0 Å². The topological polar surface area (TPSA) is 17.1 Å². The van der Waals surface area contributed by atoms with Gasteiger partial charge in [0, 0.05) is 5.92 Å². The fourth-order valence-corrected chi connectivity index (χ4v) is 4.96. The fraction of sp³-hybridized carbons (Fsp3) is 0.824. The summed E-state index contributed by atoms with van der Waals surface area (Å²) >= 11 is 0. The maximum atomic E-state index is 12.2. The second-order valence-corrected chi connectivity index (χ2v) is 7.67. The number of fused-ring (bicyclic) bond motifs is 1. The molecule has 0 radical (unpaired) electrons. The lowest BCUT2D eigenvalue weighted by molar-refractivity contribution is -0.125. The van der Waals surface area contributed by atoms with Gasteiger partial charge in [0.15, 0.2) is 0 Å². The lowest BCUT2D eigenvalue weighted by Crippen LogP contribution is -2.43. The first-order chi connectivity index (χ1) is 8.20. The number of allylic oxidation sites excluding steroid dienone is 2. The number of rotatable bonds is 1. The van der Waals surface area contributed by atoms with Crippen molar-refractivity contribution in [2.45, 2.75) is 67.2 Å². The van der Waals surface area contributed by atoms with Gasteiger partial charge in [-0.2, -0.15) is 0 Å². The molecular formula is C17H28O. The van der Waals surface area contributed by atoms with Crippen LogP contribution in [0.1, 0.15) is 67.2 Å². The Kier molecular flexibility index (Phi) is 3.24. The lowest BCUT2D eigenvalue weighted by Gasteiger charge is -2.48. The molecule has 0 amide bonds. The zero-order valence-corrected chi connectivity index (χ0v) is 12.9. The van der Waals surface area contributed by atoms with E-state index in [4.69, 9.17) is 0 Å². The summed E-state index contributed by atoms with van der Waals surface area (Å²) in [5.74, 6) is 1.25. The molecule has 2 aliphatic rings. The van der Waals surface area contributed by atoms with Gasteiger partial charge in [-0.3, -0.25) is 4.79 Å². The molecule has 102 valence electrons. The van der Waals surface area contributed by atoms with Crippen LogP contribution < -0.4 is 0 Å². The minimum Gasteiger partial charge on any atom is -0.299 e. The van der Waals surface area contributed by atoms with Crippen molar-refractivity contribution in [2.24, 2.45) is 22.7 Å². The summed E-state index contributed by atoms with van der Waals surface area (Å²) in [5, 5.41) is 0. The van der Waals surface area contributed by atoms with Crippen LogP contribution in [-0.4, -0.2) is 5.78 Å². The summed E-state index contributed by atoms with van der Waals surface area (Å²) < 4.78 is 0. The Morgan fingerprint density at radius 2 is 1.72 bits per heavy atom. The number of Topliss-reactive ketones (excluding diaryl/α,β-unsaturated/α-hetero) is 1. The third-order valence-corrected chi connectivity index (χ3v) is 5.76. The second kappa shape index (κ2) is 4.21. The normalized spacial score (nSPS) is 38.4. The van der Waals surface area contributed by atoms with Gasteiger partial charge in [-0.15, -0.1) is 0 Å². The van der Waals surface area contributed by atoms with Crippen molar-refractivity contribution < 1.29 is 4.79 Å². The van der Waals surface area contributed by atoms with E-state index in [1.165, 1.54) is 30.4 Å². The third-order valence-electron chi connectivity index (χ3n) is 5.76. The van der Waals surface area contributed by atoms with Gasteiger partial charge in [0.2, 0.25) is 0 Å². The van der Waals surface area contributed by atoms with Crippen molar-refractivity contribution in [1.29, 1.82) is 0 Å². The van der Waals surface area contributed by atoms with E-state index in [2.05, 4.69) is 34.6 Å². The van der Waals surface area contributed by atoms with Gasteiger partial charge in [-0.1, -0.05) is 38.3 Å². The number of ketones is 1. The Labute approximate surface area is 112 Å². The molecule has 0 N–H and O–H groups in total. The minimum atomic E-state index is 0.187. The van der Waals surface area contributed by atoms with Crippen molar-refractivity contribution in [1.82, 2.24) is 0 Å². The highest BCUT2D eigenvalue weighted by atomic mass is 16.1. The Hall–Kier alpha value is -0.590. The molecule has 1 heteroatoms. The first-order valence-corrected chi connectivity index (χ1v) is 7.37. The van der Waals surface area contributed by atoms with Gasteiger partial charge in [0.25, 0.3) is 0 Å². The smallest absolute Gasteiger partial charge is 0.137 e. The van der Waals surface area contributed by atoms with E-state index in [0.29, 0.717) is 17.1 Å². The maximum Gasteiger partial charge on any atom is 0.137 e. The molecule has 0 bridgehead atoms. The standard InChI is InChI=1S/C17H28O/c1-11(2)13-10-14-16(4,5)8-7-9-17(14,6)15(13)12(3)18/h14-15H,7-10H2,1-6H3/t14?,15-,17-/m1/s1. The molecule has 0 aromatic carbocycles. The zero-order valence-electron chi connectivity index (χ0n) is 12.9. The maximum absolute atomic E-state index is 12.2. The Balaban J connectivity index is 2.52. The largest absolute Gasteiger partial charge is 0.299 e. The van der Waals surface area contributed by atoms with Crippen molar-refractivity contribution in [3.63, 3.8) is 0 Å². The van der Waals surface area contributed by atoms with Crippen LogP contribution in [0.25, 0.3) is 0 Å². The molecule has 1 nitrogen and oxygen atoms in total. The lowest BCUT2D eigenvalue weighted by atomic mass is 9.55. The van der Waals surface area contributed by atoms with Gasteiger partial charge >= 0.3 is 0 Å². The summed E-state index contributed by atoms with van der Waals surface area (Å²) in [6.07, 6.45) is 4.96. The van der Waals surface area contributed by atoms with E-state index in [1.807, 2.05) is 0 Å². The van der Waals surface area contributed by atoms with Gasteiger partial charge in [-0.25, -0.2) is 0 Å². The van der Waals surface area contributed by atoms with Crippen LogP contribution in [-0.2, 0) is 4.79 Å². The van der Waals surface area contributed by atoms with Gasteiger partial charge in [0.1, 0.15) is 5.78 Å². The average Bonchev–Trinajstić information content (AvgIpc) is 2.52. The van der Waals surface area contributed by atoms with Crippen LogP contribution in [0.3, 0.4) is 0 Å². The summed E-state index contributed by atoms with van der Waals surface area (Å²) in [6.45, 7) is 13.3. The summed E-state index contributed by atoms with van der Waals surface area (Å²) in [4.78, 5) is 12.2. The highest BCUT2D eigenvalue weighted by Crippen LogP contribution is 2.63. The molecule has 0 aromatic heterocycles. The first kappa shape index (κ1) is 13.8. The molecule has 0 aliphatic heterocycles. The molecule has 1 unspecified atom stereocenters. The Morgan fingerprint density at radius 1 is 1.11 bits per heavy atom. The molecule has 18 heavy (non-hydrogen) atoms. The van der Waals surface area contributed by atoms with Gasteiger partial charge in [0.05, 0.1) is 0 Å². The predicted molar refractivity (Wildman–Crippen MR) is 76.4 cm³/mol. The highest BCUT2D eigenvalue weighted by molar-refractivity contribution is 5.83. The average molecular weight is 248 g/mol. The molecular weight excluding hydrogens is 220 g/mol. The summed E-state index contributed by atoms with van der Waals surface area (Å²) in [7, 11) is 0. The number of hydrogen-bond donors (Lipinski definition) is 0. The first-order valence-electron chi connectivity index (χ1n) is 7.37. The SMILES string of the molecule is CC(=O)[C@@H]1C(=C(C)C)CC2C(C)(C)CCC[C@]21C. The summed E-state index contributed by atoms with van der Waals surface area (Å²) in [5.41, 5.74) is 3.42. The molecule has 0 spiro atoms. The van der Waals surface area contributed by atoms with Crippen LogP contribution in [0.4, 0.5) is 0 Å². The summed E-state index contributed by atoms with van der Waals surface area (Å²) in [6, 6.07) is 0. The van der Waals surface area contributed by atoms with Gasteiger partial charge < -0.3 is 0 Å². The molecule has 2 rings (SSSR count). The van der Waals surface area contributed by atoms with Crippen molar-refractivity contribution in [3.05, 3.63) is 11.1 Å². The predicted octanol–water partition coefficient (Wildman–Crippen LogP) is 4.76. The van der Waals surface area contributed by atoms with E-state index >= 15 is 0 Å². The molecule has 2 aliphatic carbocycles. The number of carbonyl (C=O) groups excluding carboxylic acids is 1. The molecule has 0 heterocycles. The quantitative estimate of drug-likeness (QED) is 0.611. The molecule has 2 saturated carbocycles. The van der Waals surface area contributed by atoms with E-state index in [9.17, 15) is 4.79 Å². The van der Waals surface area contributed by atoms with E-state index in [0.717, 1.165) is 6.42 Å². The van der Waals surface area contributed by atoms with Crippen molar-refractivity contribution in [3.8, 4) is 0 Å². The second-order valence-electron chi connectivity index (χ2n) is 7.67. The van der Waals surface area contributed by atoms with Crippen LogP contribution in [0.2, 0.25) is 0 Å².